The molecule has 0 aliphatic rings. The van der Waals surface area contributed by atoms with Gasteiger partial charge in [-0.25, -0.2) is 0 Å². The van der Waals surface area contributed by atoms with Crippen molar-refractivity contribution < 1.29 is 19.3 Å². The van der Waals surface area contributed by atoms with E-state index in [1.165, 1.54) is 5.56 Å². The van der Waals surface area contributed by atoms with Crippen LogP contribution in [-0.2, 0) is 17.6 Å². The maximum Gasteiger partial charge on any atom is 0.188 e. The Bertz CT molecular complexity index is 578. The van der Waals surface area contributed by atoms with Gasteiger partial charge in [-0.05, 0) is 48.6 Å². The summed E-state index contributed by atoms with van der Waals surface area (Å²) in [5.41, 5.74) is 2.35. The summed E-state index contributed by atoms with van der Waals surface area (Å²) in [5, 5.41) is 9.29. The fourth-order valence-corrected chi connectivity index (χ4v) is 2.27. The number of hydrogen-bond acceptors (Lipinski definition) is 4. The fourth-order valence-electron chi connectivity index (χ4n) is 2.27. The average Bonchev–Trinajstić information content (AvgIpc) is 2.55. The molecule has 0 unspecified atom stereocenters. The first-order valence-electron chi connectivity index (χ1n) is 7.29. The van der Waals surface area contributed by atoms with E-state index in [2.05, 4.69) is 0 Å². The predicted octanol–water partition coefficient (Wildman–Crippen LogP) is 3.56. The van der Waals surface area contributed by atoms with Gasteiger partial charge in [0.2, 0.25) is 0 Å². The van der Waals surface area contributed by atoms with Crippen molar-refractivity contribution in [2.45, 2.75) is 19.3 Å². The highest BCUT2D eigenvalue weighted by Gasteiger charge is 2.06. The topological polar surface area (TPSA) is 47.9 Å². The molecule has 118 valence electrons. The van der Waals surface area contributed by atoms with Crippen LogP contribution in [0.4, 0.5) is 0 Å². The van der Waals surface area contributed by atoms with Gasteiger partial charge in [0.25, 0.3) is 0 Å². The second-order valence-corrected chi connectivity index (χ2v) is 5.04. The number of ether oxygens (including phenoxy) is 3. The van der Waals surface area contributed by atoms with E-state index in [4.69, 9.17) is 14.2 Å². The smallest absolute Gasteiger partial charge is 0.188 e. The van der Waals surface area contributed by atoms with E-state index in [0.717, 1.165) is 36.3 Å². The third kappa shape index (κ3) is 4.67. The number of methoxy groups -OCH3 is 2. The van der Waals surface area contributed by atoms with Crippen LogP contribution in [0.5, 0.6) is 17.2 Å². The van der Waals surface area contributed by atoms with Gasteiger partial charge in [-0.15, -0.1) is 0 Å². The summed E-state index contributed by atoms with van der Waals surface area (Å²) in [6.45, 7) is 0.220. The maximum atomic E-state index is 9.29. The summed E-state index contributed by atoms with van der Waals surface area (Å²) in [7, 11) is 3.24. The normalized spacial score (nSPS) is 10.5. The lowest BCUT2D eigenvalue weighted by Crippen LogP contribution is -2.02. The van der Waals surface area contributed by atoms with E-state index in [1.54, 1.807) is 26.4 Å². The zero-order valence-electron chi connectivity index (χ0n) is 13.0. The van der Waals surface area contributed by atoms with Crippen LogP contribution in [0.15, 0.2) is 42.5 Å². The Kier molecular flexibility index (Phi) is 6.10. The molecule has 0 bridgehead atoms. The highest BCUT2D eigenvalue weighted by atomic mass is 16.7. The monoisotopic (exact) mass is 302 g/mol. The summed E-state index contributed by atoms with van der Waals surface area (Å²) < 4.78 is 15.8. The lowest BCUT2D eigenvalue weighted by Gasteiger charge is -2.12. The van der Waals surface area contributed by atoms with Crippen molar-refractivity contribution in [1.82, 2.24) is 0 Å². The molecular weight excluding hydrogens is 280 g/mol. The highest BCUT2D eigenvalue weighted by molar-refractivity contribution is 5.41. The van der Waals surface area contributed by atoms with Crippen molar-refractivity contribution in [2.24, 2.45) is 0 Å². The van der Waals surface area contributed by atoms with Gasteiger partial charge >= 0.3 is 0 Å². The first-order valence-corrected chi connectivity index (χ1v) is 7.29. The molecule has 2 rings (SSSR count). The number of hydrogen-bond donors (Lipinski definition) is 1. The maximum absolute atomic E-state index is 9.29. The van der Waals surface area contributed by atoms with Crippen LogP contribution >= 0.6 is 0 Å². The molecule has 0 amide bonds. The van der Waals surface area contributed by atoms with Crippen LogP contribution in [0.3, 0.4) is 0 Å². The second-order valence-electron chi connectivity index (χ2n) is 5.04. The van der Waals surface area contributed by atoms with Gasteiger partial charge in [-0.3, -0.25) is 0 Å². The molecule has 0 saturated carbocycles. The van der Waals surface area contributed by atoms with E-state index in [-0.39, 0.29) is 6.79 Å². The van der Waals surface area contributed by atoms with Gasteiger partial charge in [-0.1, -0.05) is 18.2 Å². The van der Waals surface area contributed by atoms with E-state index < -0.39 is 0 Å². The molecule has 0 fully saturated rings. The van der Waals surface area contributed by atoms with E-state index in [9.17, 15) is 5.11 Å². The average molecular weight is 302 g/mol. The SMILES string of the molecule is COCOc1cc(OC)ccc1CCCc1ccc(O)cc1. The summed E-state index contributed by atoms with van der Waals surface area (Å²) in [5.74, 6) is 1.87. The number of benzene rings is 2. The van der Waals surface area contributed by atoms with E-state index >= 15 is 0 Å². The Labute approximate surface area is 131 Å². The third-order valence-electron chi connectivity index (χ3n) is 3.45. The summed E-state index contributed by atoms with van der Waals surface area (Å²) in [4.78, 5) is 0. The molecule has 2 aromatic carbocycles. The quantitative estimate of drug-likeness (QED) is 0.757. The van der Waals surface area contributed by atoms with Gasteiger partial charge < -0.3 is 19.3 Å². The van der Waals surface area contributed by atoms with Crippen LogP contribution in [0.1, 0.15) is 17.5 Å². The summed E-state index contributed by atoms with van der Waals surface area (Å²) in [6, 6.07) is 13.2. The molecule has 0 atom stereocenters. The van der Waals surface area contributed by atoms with Crippen molar-refractivity contribution in [3.05, 3.63) is 53.6 Å². The molecule has 2 aromatic rings. The standard InChI is InChI=1S/C18H22O4/c1-20-13-22-18-12-17(21-2)11-8-15(18)5-3-4-14-6-9-16(19)10-7-14/h6-12,19H,3-5,13H2,1-2H3. The van der Waals surface area contributed by atoms with Gasteiger partial charge in [-0.2, -0.15) is 0 Å². The van der Waals surface area contributed by atoms with Crippen molar-refractivity contribution in [1.29, 1.82) is 0 Å². The second kappa shape index (κ2) is 8.29. The molecular formula is C18H22O4. The van der Waals surface area contributed by atoms with Crippen LogP contribution in [-0.4, -0.2) is 26.1 Å². The van der Waals surface area contributed by atoms with Crippen LogP contribution in [0.25, 0.3) is 0 Å². The van der Waals surface area contributed by atoms with Gasteiger partial charge in [0.1, 0.15) is 17.2 Å². The molecule has 0 aromatic heterocycles. The lowest BCUT2D eigenvalue weighted by molar-refractivity contribution is 0.0502. The minimum absolute atomic E-state index is 0.220. The van der Waals surface area contributed by atoms with Crippen molar-refractivity contribution in [3.8, 4) is 17.2 Å². The minimum Gasteiger partial charge on any atom is -0.508 e. The molecule has 4 heteroatoms. The molecule has 0 radical (unpaired) electrons. The Morgan fingerprint density at radius 2 is 1.73 bits per heavy atom. The summed E-state index contributed by atoms with van der Waals surface area (Å²) in [6.07, 6.45) is 2.86. The number of rotatable bonds is 8. The number of aromatic hydroxyl groups is 1. The van der Waals surface area contributed by atoms with Crippen molar-refractivity contribution >= 4 is 0 Å². The molecule has 0 saturated heterocycles. The summed E-state index contributed by atoms with van der Waals surface area (Å²) >= 11 is 0. The molecule has 4 nitrogen and oxygen atoms in total. The van der Waals surface area contributed by atoms with E-state index in [0.29, 0.717) is 5.75 Å². The van der Waals surface area contributed by atoms with Crippen molar-refractivity contribution in [3.63, 3.8) is 0 Å². The Morgan fingerprint density at radius 1 is 0.955 bits per heavy atom. The van der Waals surface area contributed by atoms with Gasteiger partial charge in [0.05, 0.1) is 7.11 Å². The van der Waals surface area contributed by atoms with Crippen LogP contribution in [0.2, 0.25) is 0 Å². The molecule has 0 spiro atoms. The predicted molar refractivity (Wildman–Crippen MR) is 85.6 cm³/mol. The first-order chi connectivity index (χ1) is 10.7. The van der Waals surface area contributed by atoms with Gasteiger partial charge in [0.15, 0.2) is 6.79 Å². The van der Waals surface area contributed by atoms with Crippen molar-refractivity contribution in [2.75, 3.05) is 21.0 Å². The molecule has 1 N–H and O–H groups in total. The van der Waals surface area contributed by atoms with E-state index in [1.807, 2.05) is 30.3 Å². The largest absolute Gasteiger partial charge is 0.508 e. The van der Waals surface area contributed by atoms with Crippen LogP contribution < -0.4 is 9.47 Å². The number of phenols is 1. The number of aryl methyl sites for hydroxylation is 2. The molecule has 0 heterocycles. The zero-order chi connectivity index (χ0) is 15.8. The molecule has 22 heavy (non-hydrogen) atoms. The Hall–Kier alpha value is -2.20. The third-order valence-corrected chi connectivity index (χ3v) is 3.45. The highest BCUT2D eigenvalue weighted by Crippen LogP contribution is 2.26. The van der Waals surface area contributed by atoms with Gasteiger partial charge in [0, 0.05) is 13.2 Å². The Balaban J connectivity index is 1.97. The molecule has 0 aliphatic carbocycles. The Morgan fingerprint density at radius 3 is 2.41 bits per heavy atom. The molecule has 0 aliphatic heterocycles. The number of phenolic OH excluding ortho intramolecular Hbond substituents is 1. The zero-order valence-corrected chi connectivity index (χ0v) is 13.0. The lowest BCUT2D eigenvalue weighted by atomic mass is 10.0. The first kappa shape index (κ1) is 16.2. The minimum atomic E-state index is 0.220. The fraction of sp³-hybridized carbons (Fsp3) is 0.333. The van der Waals surface area contributed by atoms with Crippen LogP contribution in [0, 0.1) is 0 Å².